The number of nitrogens with one attached hydrogen (secondary N) is 1. The van der Waals surface area contributed by atoms with E-state index in [2.05, 4.69) is 10.4 Å². The van der Waals surface area contributed by atoms with E-state index in [1.165, 1.54) is 0 Å². The maximum Gasteiger partial charge on any atom is 0.335 e. The van der Waals surface area contributed by atoms with E-state index in [1.54, 1.807) is 27.9 Å². The Bertz CT molecular complexity index is 763. The molecule has 0 aliphatic carbocycles. The first-order valence-corrected chi connectivity index (χ1v) is 8.37. The fourth-order valence-corrected chi connectivity index (χ4v) is 3.29. The summed E-state index contributed by atoms with van der Waals surface area (Å²) in [5, 5.41) is 16.3. The average molecular weight is 342 g/mol. The number of piperidine rings is 1. The van der Waals surface area contributed by atoms with Gasteiger partial charge in [0.25, 0.3) is 0 Å². The van der Waals surface area contributed by atoms with Crippen LogP contribution in [0.25, 0.3) is 0 Å². The lowest BCUT2D eigenvalue weighted by Crippen LogP contribution is -2.43. The zero-order valence-electron chi connectivity index (χ0n) is 14.2. The number of aromatic nitrogens is 2. The first-order valence-electron chi connectivity index (χ1n) is 8.37. The van der Waals surface area contributed by atoms with E-state index in [1.807, 2.05) is 25.4 Å². The van der Waals surface area contributed by atoms with Crippen LogP contribution in [0, 0.1) is 0 Å². The number of benzene rings is 1. The zero-order chi connectivity index (χ0) is 17.8. The van der Waals surface area contributed by atoms with Crippen molar-refractivity contribution in [2.75, 3.05) is 13.1 Å². The minimum atomic E-state index is -0.896. The fraction of sp³-hybridized carbons (Fsp3) is 0.389. The van der Waals surface area contributed by atoms with Gasteiger partial charge in [0.1, 0.15) is 0 Å². The predicted molar refractivity (Wildman–Crippen MR) is 92.4 cm³/mol. The molecule has 0 radical (unpaired) electrons. The minimum Gasteiger partial charge on any atom is -0.478 e. The molecule has 132 valence electrons. The highest BCUT2D eigenvalue weighted by molar-refractivity contribution is 5.89. The van der Waals surface area contributed by atoms with Gasteiger partial charge in [0, 0.05) is 38.4 Å². The summed E-state index contributed by atoms with van der Waals surface area (Å²) < 4.78 is 1.70. The molecular formula is C18H22N4O3. The number of rotatable bonds is 4. The summed E-state index contributed by atoms with van der Waals surface area (Å²) in [6.07, 6.45) is 5.14. The van der Waals surface area contributed by atoms with Crippen LogP contribution in [0.1, 0.15) is 40.2 Å². The number of urea groups is 1. The smallest absolute Gasteiger partial charge is 0.335 e. The van der Waals surface area contributed by atoms with E-state index < -0.39 is 5.97 Å². The van der Waals surface area contributed by atoms with Crippen LogP contribution >= 0.6 is 0 Å². The quantitative estimate of drug-likeness (QED) is 0.892. The first-order chi connectivity index (χ1) is 12.0. The largest absolute Gasteiger partial charge is 0.478 e. The number of carbonyl (C=O) groups excluding carboxylic acids is 1. The van der Waals surface area contributed by atoms with Gasteiger partial charge in [0.15, 0.2) is 0 Å². The van der Waals surface area contributed by atoms with Gasteiger partial charge >= 0.3 is 12.0 Å². The molecule has 0 atom stereocenters. The van der Waals surface area contributed by atoms with Gasteiger partial charge in [0.05, 0.1) is 11.8 Å². The van der Waals surface area contributed by atoms with E-state index in [4.69, 9.17) is 0 Å². The Morgan fingerprint density at radius 3 is 2.64 bits per heavy atom. The SMILES string of the molecule is Cn1cc(CNC(=O)N2CCC(c3ccccc3C(=O)O)CC2)cn1. The van der Waals surface area contributed by atoms with E-state index in [9.17, 15) is 14.7 Å². The highest BCUT2D eigenvalue weighted by atomic mass is 16.4. The van der Waals surface area contributed by atoms with Crippen LogP contribution < -0.4 is 5.32 Å². The Morgan fingerprint density at radius 2 is 2.00 bits per heavy atom. The van der Waals surface area contributed by atoms with Crippen molar-refractivity contribution < 1.29 is 14.7 Å². The third kappa shape index (κ3) is 3.99. The Hall–Kier alpha value is -2.83. The van der Waals surface area contributed by atoms with Crippen molar-refractivity contribution in [3.63, 3.8) is 0 Å². The second-order valence-electron chi connectivity index (χ2n) is 6.33. The number of aryl methyl sites for hydroxylation is 1. The number of nitrogens with zero attached hydrogens (tertiary/aromatic N) is 3. The lowest BCUT2D eigenvalue weighted by molar-refractivity contribution is 0.0694. The Morgan fingerprint density at radius 1 is 1.28 bits per heavy atom. The van der Waals surface area contributed by atoms with Crippen LogP contribution in [-0.4, -0.2) is 44.9 Å². The van der Waals surface area contributed by atoms with E-state index in [-0.39, 0.29) is 11.9 Å². The molecule has 2 amide bonds. The minimum absolute atomic E-state index is 0.0891. The molecule has 2 N–H and O–H groups in total. The van der Waals surface area contributed by atoms with Crippen LogP contribution in [0.5, 0.6) is 0 Å². The number of carboxylic acid groups (broad SMARTS) is 1. The molecule has 0 saturated carbocycles. The van der Waals surface area contributed by atoms with Crippen molar-refractivity contribution in [3.05, 3.63) is 53.3 Å². The number of carbonyl (C=O) groups is 2. The van der Waals surface area contributed by atoms with Gasteiger partial charge in [-0.1, -0.05) is 18.2 Å². The molecule has 2 aromatic rings. The summed E-state index contributed by atoms with van der Waals surface area (Å²) in [7, 11) is 1.84. The second kappa shape index (κ2) is 7.38. The topological polar surface area (TPSA) is 87.5 Å². The standard InChI is InChI=1S/C18H22N4O3/c1-21-12-13(11-20-21)10-19-18(25)22-8-6-14(7-9-22)15-4-2-3-5-16(15)17(23)24/h2-5,11-12,14H,6-10H2,1H3,(H,19,25)(H,23,24). The molecule has 1 aliphatic heterocycles. The molecular weight excluding hydrogens is 320 g/mol. The van der Waals surface area contributed by atoms with Crippen molar-refractivity contribution >= 4 is 12.0 Å². The third-order valence-corrected chi connectivity index (χ3v) is 4.62. The molecule has 7 heteroatoms. The second-order valence-corrected chi connectivity index (χ2v) is 6.33. The summed E-state index contributed by atoms with van der Waals surface area (Å²) in [4.78, 5) is 25.5. The van der Waals surface area contributed by atoms with Crippen molar-refractivity contribution in [1.29, 1.82) is 0 Å². The van der Waals surface area contributed by atoms with Crippen LogP contribution in [-0.2, 0) is 13.6 Å². The molecule has 7 nitrogen and oxygen atoms in total. The maximum absolute atomic E-state index is 12.3. The molecule has 1 aliphatic rings. The number of likely N-dealkylation sites (tertiary alicyclic amines) is 1. The van der Waals surface area contributed by atoms with Crippen LogP contribution in [0.3, 0.4) is 0 Å². The molecule has 1 saturated heterocycles. The lowest BCUT2D eigenvalue weighted by Gasteiger charge is -2.32. The Kier molecular flexibility index (Phi) is 5.02. The van der Waals surface area contributed by atoms with Crippen LogP contribution in [0.4, 0.5) is 4.79 Å². The van der Waals surface area contributed by atoms with Crippen molar-refractivity contribution in [2.24, 2.45) is 7.05 Å². The summed E-state index contributed by atoms with van der Waals surface area (Å²) in [6.45, 7) is 1.70. The molecule has 3 rings (SSSR count). The van der Waals surface area contributed by atoms with E-state index in [0.29, 0.717) is 25.2 Å². The molecule has 0 spiro atoms. The van der Waals surface area contributed by atoms with Gasteiger partial charge in [-0.15, -0.1) is 0 Å². The highest BCUT2D eigenvalue weighted by Gasteiger charge is 2.26. The normalized spacial score (nSPS) is 15.2. The van der Waals surface area contributed by atoms with Crippen molar-refractivity contribution in [2.45, 2.75) is 25.3 Å². The molecule has 1 aromatic carbocycles. The molecule has 0 unspecified atom stereocenters. The van der Waals surface area contributed by atoms with Gasteiger partial charge in [-0.3, -0.25) is 4.68 Å². The number of hydrogen-bond donors (Lipinski definition) is 2. The van der Waals surface area contributed by atoms with Gasteiger partial charge in [-0.25, -0.2) is 9.59 Å². The molecule has 1 fully saturated rings. The maximum atomic E-state index is 12.3. The lowest BCUT2D eigenvalue weighted by atomic mass is 9.86. The summed E-state index contributed by atoms with van der Waals surface area (Å²) >= 11 is 0. The first kappa shape index (κ1) is 17.0. The Labute approximate surface area is 146 Å². The van der Waals surface area contributed by atoms with Gasteiger partial charge < -0.3 is 15.3 Å². The van der Waals surface area contributed by atoms with Crippen molar-refractivity contribution in [1.82, 2.24) is 20.0 Å². The molecule has 2 heterocycles. The van der Waals surface area contributed by atoms with Crippen LogP contribution in [0.15, 0.2) is 36.7 Å². The number of hydrogen-bond acceptors (Lipinski definition) is 3. The molecule has 0 bridgehead atoms. The summed E-state index contributed by atoms with van der Waals surface area (Å²) in [5.74, 6) is -0.720. The van der Waals surface area contributed by atoms with Gasteiger partial charge in [0.2, 0.25) is 0 Å². The van der Waals surface area contributed by atoms with Crippen LogP contribution in [0.2, 0.25) is 0 Å². The zero-order valence-corrected chi connectivity index (χ0v) is 14.2. The molecule has 1 aromatic heterocycles. The average Bonchev–Trinajstić information content (AvgIpc) is 3.05. The van der Waals surface area contributed by atoms with Crippen molar-refractivity contribution in [3.8, 4) is 0 Å². The van der Waals surface area contributed by atoms with E-state index in [0.717, 1.165) is 24.0 Å². The van der Waals surface area contributed by atoms with E-state index >= 15 is 0 Å². The monoisotopic (exact) mass is 342 g/mol. The summed E-state index contributed by atoms with van der Waals surface area (Å²) in [6, 6.07) is 7.05. The third-order valence-electron chi connectivity index (χ3n) is 4.62. The summed E-state index contributed by atoms with van der Waals surface area (Å²) in [5.41, 5.74) is 2.19. The predicted octanol–water partition coefficient (Wildman–Crippen LogP) is 2.21. The number of amides is 2. The number of carboxylic acids is 1. The number of aromatic carboxylic acids is 1. The fourth-order valence-electron chi connectivity index (χ4n) is 3.29. The molecule has 25 heavy (non-hydrogen) atoms. The highest BCUT2D eigenvalue weighted by Crippen LogP contribution is 2.30. The Balaban J connectivity index is 1.55. The van der Waals surface area contributed by atoms with Gasteiger partial charge in [-0.2, -0.15) is 5.10 Å². The van der Waals surface area contributed by atoms with Gasteiger partial charge in [-0.05, 0) is 30.4 Å².